The van der Waals surface area contributed by atoms with Crippen molar-refractivity contribution in [3.63, 3.8) is 0 Å². The molecule has 1 aliphatic heterocycles. The fourth-order valence-corrected chi connectivity index (χ4v) is 2.92. The van der Waals surface area contributed by atoms with Crippen molar-refractivity contribution in [3.8, 4) is 0 Å². The first-order chi connectivity index (χ1) is 9.24. The maximum Gasteiger partial charge on any atom is 0.140 e. The van der Waals surface area contributed by atoms with Gasteiger partial charge >= 0.3 is 0 Å². The van der Waals surface area contributed by atoms with E-state index in [0.717, 1.165) is 27.6 Å². The molecule has 3 nitrogen and oxygen atoms in total. The zero-order chi connectivity index (χ0) is 13.0. The molecule has 19 heavy (non-hydrogen) atoms. The molecule has 2 aromatic rings. The van der Waals surface area contributed by atoms with Crippen molar-refractivity contribution in [2.45, 2.75) is 12.8 Å². The zero-order valence-corrected chi connectivity index (χ0v) is 11.1. The Morgan fingerprint density at radius 3 is 3.11 bits per heavy atom. The lowest BCUT2D eigenvalue weighted by Gasteiger charge is -2.27. The Balaban J connectivity index is 2.01. The van der Waals surface area contributed by atoms with Gasteiger partial charge in [-0.25, -0.2) is 9.66 Å². The molecule has 0 radical (unpaired) electrons. The van der Waals surface area contributed by atoms with Gasteiger partial charge in [-0.05, 0) is 30.7 Å². The molecule has 2 aliphatic rings. The van der Waals surface area contributed by atoms with Crippen LogP contribution in [0.2, 0.25) is 5.02 Å². The summed E-state index contributed by atoms with van der Waals surface area (Å²) in [4.78, 5) is 4.74. The molecule has 4 rings (SSSR count). The van der Waals surface area contributed by atoms with E-state index in [4.69, 9.17) is 16.6 Å². The average molecular weight is 270 g/mol. The van der Waals surface area contributed by atoms with Crippen LogP contribution in [-0.2, 0) is 0 Å². The normalized spacial score (nSPS) is 20.4. The Kier molecular flexibility index (Phi) is 2.15. The first-order valence-electron chi connectivity index (χ1n) is 6.24. The minimum Gasteiger partial charge on any atom is -0.297 e. The van der Waals surface area contributed by atoms with Crippen LogP contribution < -0.4 is 5.43 Å². The molecule has 4 heteroatoms. The topological polar surface area (TPSA) is 29.9 Å². The molecule has 0 saturated heterocycles. The number of halogens is 1. The third kappa shape index (κ3) is 1.48. The molecule has 0 amide bonds. The number of aromatic nitrogens is 2. The Bertz CT molecular complexity index is 780. The van der Waals surface area contributed by atoms with E-state index in [1.807, 2.05) is 22.9 Å². The van der Waals surface area contributed by atoms with Crippen LogP contribution >= 0.6 is 11.6 Å². The predicted molar refractivity (Wildman–Crippen MR) is 77.8 cm³/mol. The second-order valence-electron chi connectivity index (χ2n) is 4.85. The van der Waals surface area contributed by atoms with Gasteiger partial charge in [0.2, 0.25) is 0 Å². The van der Waals surface area contributed by atoms with E-state index < -0.39 is 0 Å². The number of fused-ring (bicyclic) bond motifs is 5. The summed E-state index contributed by atoms with van der Waals surface area (Å²) in [6.45, 7) is 2.09. The molecule has 0 saturated carbocycles. The third-order valence-corrected chi connectivity index (χ3v) is 3.89. The molecule has 94 valence electrons. The highest BCUT2D eigenvalue weighted by atomic mass is 35.5. The van der Waals surface area contributed by atoms with Crippen molar-refractivity contribution in [1.82, 2.24) is 9.66 Å². The quantitative estimate of drug-likeness (QED) is 0.790. The van der Waals surface area contributed by atoms with Crippen LogP contribution in [0, 0.1) is 0 Å². The molecular formula is C15H12ClN3. The number of benzene rings is 1. The van der Waals surface area contributed by atoms with E-state index in [1.165, 1.54) is 5.57 Å². The summed E-state index contributed by atoms with van der Waals surface area (Å²) in [6.07, 6.45) is 8.46. The highest BCUT2D eigenvalue weighted by Gasteiger charge is 2.27. The minimum absolute atomic E-state index is 0.220. The van der Waals surface area contributed by atoms with E-state index in [9.17, 15) is 0 Å². The second kappa shape index (κ2) is 3.75. The summed E-state index contributed by atoms with van der Waals surface area (Å²) in [7, 11) is 0. The maximum atomic E-state index is 6.09. The second-order valence-corrected chi connectivity index (χ2v) is 5.29. The molecule has 0 unspecified atom stereocenters. The van der Waals surface area contributed by atoms with Gasteiger partial charge in [-0.1, -0.05) is 35.9 Å². The van der Waals surface area contributed by atoms with Crippen molar-refractivity contribution >= 4 is 22.6 Å². The Morgan fingerprint density at radius 2 is 2.21 bits per heavy atom. The largest absolute Gasteiger partial charge is 0.297 e. The van der Waals surface area contributed by atoms with Crippen molar-refractivity contribution in [1.29, 1.82) is 0 Å². The van der Waals surface area contributed by atoms with Crippen LogP contribution in [0.4, 0.5) is 0 Å². The summed E-state index contributed by atoms with van der Waals surface area (Å²) < 4.78 is 2.04. The number of imidazole rings is 1. The van der Waals surface area contributed by atoms with Gasteiger partial charge in [0.15, 0.2) is 0 Å². The lowest BCUT2D eigenvalue weighted by molar-refractivity contribution is 0.752. The van der Waals surface area contributed by atoms with Crippen LogP contribution in [-0.4, -0.2) is 9.66 Å². The molecule has 0 fully saturated rings. The van der Waals surface area contributed by atoms with Gasteiger partial charge in [0, 0.05) is 10.7 Å². The van der Waals surface area contributed by atoms with Crippen molar-refractivity contribution in [2.24, 2.45) is 0 Å². The molecule has 0 spiro atoms. The highest BCUT2D eigenvalue weighted by molar-refractivity contribution is 6.31. The van der Waals surface area contributed by atoms with Crippen LogP contribution in [0.1, 0.15) is 18.7 Å². The smallest absolute Gasteiger partial charge is 0.140 e. The van der Waals surface area contributed by atoms with Gasteiger partial charge in [0.05, 0.1) is 17.0 Å². The van der Waals surface area contributed by atoms with Gasteiger partial charge in [0.1, 0.15) is 5.82 Å². The molecule has 1 atom stereocenters. The molecule has 2 heterocycles. The summed E-state index contributed by atoms with van der Waals surface area (Å²) in [5.41, 5.74) is 7.80. The number of rotatable bonds is 0. The summed E-state index contributed by atoms with van der Waals surface area (Å²) in [6, 6.07) is 5.78. The number of hydrogen-bond donors (Lipinski definition) is 1. The Hall–Kier alpha value is -2.00. The first-order valence-corrected chi connectivity index (χ1v) is 6.62. The van der Waals surface area contributed by atoms with Gasteiger partial charge in [-0.15, -0.1) is 0 Å². The lowest BCUT2D eigenvalue weighted by Crippen LogP contribution is -2.25. The summed E-state index contributed by atoms with van der Waals surface area (Å²) >= 11 is 6.09. The van der Waals surface area contributed by atoms with Crippen molar-refractivity contribution in [2.75, 3.05) is 5.43 Å². The molecule has 1 N–H and O–H groups in total. The van der Waals surface area contributed by atoms with Crippen LogP contribution in [0.15, 0.2) is 53.8 Å². The standard InChI is InChI=1S/C15H12ClN3/c1-9-11-4-2-3-5-12(11)15-17-13-7-6-10(16)8-14(13)19(15)18-9/h2-8,12,18H,1H3/t12-/m1/s1. The lowest BCUT2D eigenvalue weighted by atomic mass is 9.91. The van der Waals surface area contributed by atoms with E-state index in [1.54, 1.807) is 0 Å². The van der Waals surface area contributed by atoms with Gasteiger partial charge < -0.3 is 0 Å². The molecular weight excluding hydrogens is 258 g/mol. The molecule has 1 aromatic carbocycles. The number of hydrogen-bond acceptors (Lipinski definition) is 2. The van der Waals surface area contributed by atoms with E-state index in [2.05, 4.69) is 36.7 Å². The maximum absolute atomic E-state index is 6.09. The monoisotopic (exact) mass is 269 g/mol. The summed E-state index contributed by atoms with van der Waals surface area (Å²) in [5, 5.41) is 0.725. The molecule has 1 aliphatic carbocycles. The fraction of sp³-hybridized carbons (Fsp3) is 0.133. The van der Waals surface area contributed by atoms with E-state index in [-0.39, 0.29) is 5.92 Å². The SMILES string of the molecule is CC1=C2C=CC=C[C@H]2c2nc3ccc(Cl)cc3n2N1. The molecule has 0 bridgehead atoms. The van der Waals surface area contributed by atoms with Gasteiger partial charge in [0.25, 0.3) is 0 Å². The van der Waals surface area contributed by atoms with Gasteiger partial charge in [-0.2, -0.15) is 0 Å². The summed E-state index contributed by atoms with van der Waals surface area (Å²) in [5.74, 6) is 1.23. The minimum atomic E-state index is 0.220. The first kappa shape index (κ1) is 10.9. The van der Waals surface area contributed by atoms with E-state index >= 15 is 0 Å². The zero-order valence-electron chi connectivity index (χ0n) is 10.4. The molecule has 1 aromatic heterocycles. The predicted octanol–water partition coefficient (Wildman–Crippen LogP) is 3.73. The van der Waals surface area contributed by atoms with Crippen LogP contribution in [0.25, 0.3) is 11.0 Å². The van der Waals surface area contributed by atoms with Crippen LogP contribution in [0.5, 0.6) is 0 Å². The Morgan fingerprint density at radius 1 is 1.32 bits per heavy atom. The third-order valence-electron chi connectivity index (χ3n) is 3.66. The highest BCUT2D eigenvalue weighted by Crippen LogP contribution is 2.36. The van der Waals surface area contributed by atoms with Gasteiger partial charge in [-0.3, -0.25) is 5.43 Å². The number of nitrogens with one attached hydrogen (secondary N) is 1. The van der Waals surface area contributed by atoms with Crippen LogP contribution in [0.3, 0.4) is 0 Å². The fourth-order valence-electron chi connectivity index (χ4n) is 2.75. The average Bonchev–Trinajstić information content (AvgIpc) is 2.78. The van der Waals surface area contributed by atoms with Crippen molar-refractivity contribution in [3.05, 3.63) is 64.6 Å². The van der Waals surface area contributed by atoms with Crippen molar-refractivity contribution < 1.29 is 0 Å². The number of allylic oxidation sites excluding steroid dienone is 6. The Labute approximate surface area is 115 Å². The number of nitrogens with zero attached hydrogens (tertiary/aromatic N) is 2. The van der Waals surface area contributed by atoms with E-state index in [0.29, 0.717) is 0 Å².